The number of hydrogen-bond acceptors (Lipinski definition) is 5. The second-order valence-electron chi connectivity index (χ2n) is 9.17. The molecule has 3 N–H and O–H groups in total. The Morgan fingerprint density at radius 3 is 2.89 bits per heavy atom. The van der Waals surface area contributed by atoms with Crippen molar-refractivity contribution in [2.45, 2.75) is 38.1 Å². The van der Waals surface area contributed by atoms with Crippen LogP contribution in [0.25, 0.3) is 10.9 Å². The first kappa shape index (κ1) is 24.0. The molecular weight excluding hydrogens is 492 g/mol. The number of halogens is 3. The van der Waals surface area contributed by atoms with Crippen LogP contribution in [0.4, 0.5) is 10.1 Å². The summed E-state index contributed by atoms with van der Waals surface area (Å²) < 4.78 is 14.8. The lowest BCUT2D eigenvalue weighted by Gasteiger charge is -2.36. The molecule has 0 bridgehead atoms. The molecular formula is C25H26Cl2FN5O2. The lowest BCUT2D eigenvalue weighted by atomic mass is 9.93. The number of amides is 1. The maximum atomic E-state index is 14.8. The number of carbonyl (C=O) groups excluding carboxylic acids is 1. The van der Waals surface area contributed by atoms with Crippen molar-refractivity contribution in [3.63, 3.8) is 0 Å². The number of carbonyl (C=O) groups is 1. The van der Waals surface area contributed by atoms with Crippen molar-refractivity contribution >= 4 is 45.7 Å². The Hall–Kier alpha value is -2.68. The highest BCUT2D eigenvalue weighted by Gasteiger charge is 2.29. The lowest BCUT2D eigenvalue weighted by molar-refractivity contribution is -0.131. The molecule has 1 aromatic heterocycles. The minimum atomic E-state index is -0.612. The van der Waals surface area contributed by atoms with Crippen LogP contribution in [0.2, 0.25) is 10.0 Å². The Labute approximate surface area is 212 Å². The van der Waals surface area contributed by atoms with Gasteiger partial charge in [-0.15, -0.1) is 0 Å². The highest BCUT2D eigenvalue weighted by atomic mass is 35.5. The van der Waals surface area contributed by atoms with Crippen LogP contribution in [-0.4, -0.2) is 47.0 Å². The van der Waals surface area contributed by atoms with E-state index < -0.39 is 5.82 Å². The smallest absolute Gasteiger partial charge is 0.258 e. The highest BCUT2D eigenvalue weighted by Crippen LogP contribution is 2.37. The second kappa shape index (κ2) is 9.76. The molecule has 0 spiro atoms. The van der Waals surface area contributed by atoms with Gasteiger partial charge in [0, 0.05) is 29.1 Å². The van der Waals surface area contributed by atoms with Crippen LogP contribution in [0.15, 0.2) is 29.1 Å². The van der Waals surface area contributed by atoms with Crippen molar-refractivity contribution in [1.82, 2.24) is 20.2 Å². The van der Waals surface area contributed by atoms with Crippen LogP contribution in [0.3, 0.4) is 0 Å². The predicted octanol–water partition coefficient (Wildman–Crippen LogP) is 4.39. The number of hydrogen-bond donors (Lipinski definition) is 3. The Kier molecular flexibility index (Phi) is 6.70. The van der Waals surface area contributed by atoms with E-state index in [9.17, 15) is 14.0 Å². The van der Waals surface area contributed by atoms with E-state index in [2.05, 4.69) is 20.6 Å². The van der Waals surface area contributed by atoms with Gasteiger partial charge in [-0.25, -0.2) is 9.37 Å². The minimum Gasteiger partial charge on any atom is -0.374 e. The third-order valence-corrected chi connectivity index (χ3v) is 7.46. The number of benzene rings is 2. The number of aromatic nitrogens is 2. The molecule has 3 heterocycles. The SMILES string of the molecule is CC1c2c(Cl)cc(Cl)cc2CCN1C(=O)CNc1cc2nc([C@@H]3CCCNC3)[nH]c(=O)c2cc1F. The van der Waals surface area contributed by atoms with Gasteiger partial charge in [-0.05, 0) is 68.1 Å². The largest absolute Gasteiger partial charge is 0.374 e. The van der Waals surface area contributed by atoms with Crippen LogP contribution in [0.1, 0.15) is 48.7 Å². The molecule has 184 valence electrons. The van der Waals surface area contributed by atoms with E-state index in [1.807, 2.05) is 13.0 Å². The molecule has 3 aromatic rings. The molecule has 10 heteroatoms. The van der Waals surface area contributed by atoms with E-state index in [-0.39, 0.29) is 41.0 Å². The van der Waals surface area contributed by atoms with E-state index >= 15 is 0 Å². The van der Waals surface area contributed by atoms with Crippen molar-refractivity contribution < 1.29 is 9.18 Å². The van der Waals surface area contributed by atoms with Gasteiger partial charge in [0.25, 0.3) is 5.56 Å². The van der Waals surface area contributed by atoms with E-state index in [4.69, 9.17) is 23.2 Å². The summed E-state index contributed by atoms with van der Waals surface area (Å²) in [4.78, 5) is 34.8. The molecule has 2 atom stereocenters. The average Bonchev–Trinajstić information content (AvgIpc) is 2.83. The van der Waals surface area contributed by atoms with Crippen LogP contribution in [0, 0.1) is 5.82 Å². The van der Waals surface area contributed by atoms with Crippen molar-refractivity contribution in [3.8, 4) is 0 Å². The number of H-pyrrole nitrogens is 1. The number of fused-ring (bicyclic) bond motifs is 2. The fourth-order valence-electron chi connectivity index (χ4n) is 5.11. The topological polar surface area (TPSA) is 90.1 Å². The fraction of sp³-hybridized carbons (Fsp3) is 0.400. The number of anilines is 1. The van der Waals surface area contributed by atoms with Crippen LogP contribution in [0.5, 0.6) is 0 Å². The summed E-state index contributed by atoms with van der Waals surface area (Å²) >= 11 is 12.5. The van der Waals surface area contributed by atoms with Gasteiger partial charge in [-0.1, -0.05) is 23.2 Å². The highest BCUT2D eigenvalue weighted by molar-refractivity contribution is 6.35. The number of piperidine rings is 1. The zero-order valence-electron chi connectivity index (χ0n) is 19.3. The molecule has 2 aromatic carbocycles. The summed E-state index contributed by atoms with van der Waals surface area (Å²) in [6, 6.07) is 6.00. The summed E-state index contributed by atoms with van der Waals surface area (Å²) in [5.74, 6) is -0.0870. The van der Waals surface area contributed by atoms with E-state index in [1.54, 1.807) is 11.0 Å². The van der Waals surface area contributed by atoms with Crippen LogP contribution in [-0.2, 0) is 11.2 Å². The summed E-state index contributed by atoms with van der Waals surface area (Å²) in [5.41, 5.74) is 2.09. The van der Waals surface area contributed by atoms with Gasteiger partial charge in [0.1, 0.15) is 11.6 Å². The van der Waals surface area contributed by atoms with Crippen LogP contribution >= 0.6 is 23.2 Å². The maximum absolute atomic E-state index is 14.8. The van der Waals surface area contributed by atoms with Gasteiger partial charge in [0.05, 0.1) is 29.2 Å². The molecule has 1 fully saturated rings. The molecule has 0 saturated carbocycles. The predicted molar refractivity (Wildman–Crippen MR) is 136 cm³/mol. The molecule has 2 aliphatic rings. The molecule has 1 amide bonds. The first-order valence-corrected chi connectivity index (χ1v) is 12.5. The normalized spacial score (nSPS) is 20.1. The molecule has 0 aliphatic carbocycles. The van der Waals surface area contributed by atoms with E-state index in [0.717, 1.165) is 37.1 Å². The summed E-state index contributed by atoms with van der Waals surface area (Å²) in [6.07, 6.45) is 2.57. The zero-order valence-corrected chi connectivity index (χ0v) is 20.8. The Morgan fingerprint density at radius 1 is 1.29 bits per heavy atom. The molecule has 7 nitrogen and oxygen atoms in total. The quantitative estimate of drug-likeness (QED) is 0.477. The number of nitrogens with one attached hydrogen (secondary N) is 3. The molecule has 1 saturated heterocycles. The third-order valence-electron chi connectivity index (χ3n) is 6.93. The van der Waals surface area contributed by atoms with E-state index in [1.165, 1.54) is 12.1 Å². The summed E-state index contributed by atoms with van der Waals surface area (Å²) in [6.45, 7) is 4.02. The molecule has 35 heavy (non-hydrogen) atoms. The third kappa shape index (κ3) is 4.75. The van der Waals surface area contributed by atoms with Gasteiger partial charge in [0.2, 0.25) is 5.91 Å². The van der Waals surface area contributed by atoms with Gasteiger partial charge in [0.15, 0.2) is 0 Å². The van der Waals surface area contributed by atoms with Gasteiger partial charge < -0.3 is 20.5 Å². The minimum absolute atomic E-state index is 0.101. The van der Waals surface area contributed by atoms with Gasteiger partial charge in [-0.3, -0.25) is 9.59 Å². The molecule has 1 unspecified atom stereocenters. The van der Waals surface area contributed by atoms with Crippen molar-refractivity contribution in [1.29, 1.82) is 0 Å². The second-order valence-corrected chi connectivity index (χ2v) is 10.0. The molecule has 5 rings (SSSR count). The van der Waals surface area contributed by atoms with Gasteiger partial charge in [-0.2, -0.15) is 0 Å². The lowest BCUT2D eigenvalue weighted by Crippen LogP contribution is -2.42. The fourth-order valence-corrected chi connectivity index (χ4v) is 5.80. The van der Waals surface area contributed by atoms with Crippen LogP contribution < -0.4 is 16.2 Å². The monoisotopic (exact) mass is 517 g/mol. The first-order chi connectivity index (χ1) is 16.8. The zero-order chi connectivity index (χ0) is 24.7. The summed E-state index contributed by atoms with van der Waals surface area (Å²) in [7, 11) is 0. The van der Waals surface area contributed by atoms with Crippen molar-refractivity contribution in [3.05, 3.63) is 67.4 Å². The molecule has 2 aliphatic heterocycles. The average molecular weight is 518 g/mol. The Balaban J connectivity index is 1.35. The first-order valence-electron chi connectivity index (χ1n) is 11.8. The molecule has 0 radical (unpaired) electrons. The summed E-state index contributed by atoms with van der Waals surface area (Å²) in [5, 5.41) is 7.50. The Bertz CT molecular complexity index is 1360. The standard InChI is InChI=1S/C25H26Cl2FN5O2/c1-13-23-14(7-16(26)8-18(23)27)4-6-33(13)22(34)12-30-21-10-20-17(9-19(21)28)25(35)32-24(31-20)15-3-2-5-29-11-15/h7-10,13,15,29-30H,2-6,11-12H2,1H3,(H,31,32,35)/t13?,15-/m1/s1. The Morgan fingerprint density at radius 2 is 2.11 bits per heavy atom. The number of rotatable bonds is 4. The number of aromatic amines is 1. The van der Waals surface area contributed by atoms with Crippen molar-refractivity contribution in [2.75, 3.05) is 31.5 Å². The van der Waals surface area contributed by atoms with Crippen molar-refractivity contribution in [2.24, 2.45) is 0 Å². The number of nitrogens with zero attached hydrogens (tertiary/aromatic N) is 2. The van der Waals surface area contributed by atoms with Gasteiger partial charge >= 0.3 is 0 Å². The maximum Gasteiger partial charge on any atom is 0.258 e. The van der Waals surface area contributed by atoms with E-state index in [0.29, 0.717) is 34.4 Å².